The van der Waals surface area contributed by atoms with Crippen molar-refractivity contribution in [3.8, 4) is 5.75 Å². The van der Waals surface area contributed by atoms with Crippen molar-refractivity contribution in [2.45, 2.75) is 26.7 Å². The van der Waals surface area contributed by atoms with Crippen LogP contribution in [0.25, 0.3) is 0 Å². The molecular weight excluding hydrogens is 356 g/mol. The summed E-state index contributed by atoms with van der Waals surface area (Å²) < 4.78 is 36.4. The zero-order valence-electron chi connectivity index (χ0n) is 15.3. The molecule has 5 nitrogen and oxygen atoms in total. The first-order valence-electron chi connectivity index (χ1n) is 8.40. The number of halogens is 2. The van der Waals surface area contributed by atoms with Crippen molar-refractivity contribution in [1.29, 1.82) is 0 Å². The Balaban J connectivity index is 1.79. The third-order valence-corrected chi connectivity index (χ3v) is 3.79. The zero-order valence-corrected chi connectivity index (χ0v) is 15.3. The number of rotatable bonds is 7. The molecule has 1 amide bonds. The maximum Gasteiger partial charge on any atom is 0.344 e. The SMILES string of the molecule is Cc1cc(OCC(=O)OCC(=O)Nc2ccc(F)cc2F)ccc1C(C)C. The topological polar surface area (TPSA) is 64.6 Å². The Labute approximate surface area is 156 Å². The van der Waals surface area contributed by atoms with Crippen LogP contribution in [-0.2, 0) is 14.3 Å². The Morgan fingerprint density at radius 2 is 1.81 bits per heavy atom. The Morgan fingerprint density at radius 3 is 2.44 bits per heavy atom. The van der Waals surface area contributed by atoms with E-state index in [1.54, 1.807) is 6.07 Å². The number of aryl methyl sites for hydroxylation is 1. The van der Waals surface area contributed by atoms with Gasteiger partial charge in [-0.2, -0.15) is 0 Å². The quantitative estimate of drug-likeness (QED) is 0.742. The summed E-state index contributed by atoms with van der Waals surface area (Å²) in [6.07, 6.45) is 0. The average Bonchev–Trinajstić information content (AvgIpc) is 2.60. The minimum Gasteiger partial charge on any atom is -0.482 e. The minimum absolute atomic E-state index is 0.200. The first kappa shape index (κ1) is 20.4. The number of ether oxygens (including phenoxy) is 2. The summed E-state index contributed by atoms with van der Waals surface area (Å²) >= 11 is 0. The molecule has 0 heterocycles. The first-order valence-corrected chi connectivity index (χ1v) is 8.40. The van der Waals surface area contributed by atoms with E-state index in [2.05, 4.69) is 19.2 Å². The molecule has 0 saturated heterocycles. The fourth-order valence-electron chi connectivity index (χ4n) is 2.49. The van der Waals surface area contributed by atoms with Crippen LogP contribution in [0.15, 0.2) is 36.4 Å². The van der Waals surface area contributed by atoms with Gasteiger partial charge in [0, 0.05) is 6.07 Å². The molecule has 0 bridgehead atoms. The van der Waals surface area contributed by atoms with E-state index in [1.807, 2.05) is 19.1 Å². The first-order chi connectivity index (χ1) is 12.8. The van der Waals surface area contributed by atoms with Crippen LogP contribution in [-0.4, -0.2) is 25.1 Å². The molecule has 0 radical (unpaired) electrons. The van der Waals surface area contributed by atoms with Crippen LogP contribution >= 0.6 is 0 Å². The highest BCUT2D eigenvalue weighted by molar-refractivity contribution is 5.92. The molecule has 27 heavy (non-hydrogen) atoms. The molecule has 2 aromatic carbocycles. The lowest BCUT2D eigenvalue weighted by Gasteiger charge is -2.12. The van der Waals surface area contributed by atoms with Crippen molar-refractivity contribution < 1.29 is 27.8 Å². The molecule has 7 heteroatoms. The van der Waals surface area contributed by atoms with Crippen molar-refractivity contribution in [1.82, 2.24) is 0 Å². The number of esters is 1. The summed E-state index contributed by atoms with van der Waals surface area (Å²) in [6, 6.07) is 8.25. The molecule has 0 unspecified atom stereocenters. The standard InChI is InChI=1S/C20H21F2NO4/c1-12(2)16-6-5-15(8-13(16)3)26-11-20(25)27-10-19(24)23-18-7-4-14(21)9-17(18)22/h4-9,12H,10-11H2,1-3H3,(H,23,24). The van der Waals surface area contributed by atoms with E-state index in [1.165, 1.54) is 5.56 Å². The van der Waals surface area contributed by atoms with Crippen LogP contribution in [0.1, 0.15) is 30.9 Å². The number of carbonyl (C=O) groups is 2. The van der Waals surface area contributed by atoms with Gasteiger partial charge in [-0.3, -0.25) is 4.79 Å². The highest BCUT2D eigenvalue weighted by Gasteiger charge is 2.12. The van der Waals surface area contributed by atoms with Crippen LogP contribution in [0, 0.1) is 18.6 Å². The fourth-order valence-corrected chi connectivity index (χ4v) is 2.49. The van der Waals surface area contributed by atoms with E-state index in [4.69, 9.17) is 9.47 Å². The molecule has 2 rings (SSSR count). The lowest BCUT2D eigenvalue weighted by molar-refractivity contribution is -0.149. The second-order valence-electron chi connectivity index (χ2n) is 6.29. The van der Waals surface area contributed by atoms with Gasteiger partial charge in [-0.05, 0) is 48.2 Å². The van der Waals surface area contributed by atoms with Crippen LogP contribution in [0.3, 0.4) is 0 Å². The second kappa shape index (κ2) is 9.12. The number of hydrogen-bond acceptors (Lipinski definition) is 4. The van der Waals surface area contributed by atoms with Crippen LogP contribution in [0.4, 0.5) is 14.5 Å². The van der Waals surface area contributed by atoms with Gasteiger partial charge in [0.15, 0.2) is 13.2 Å². The van der Waals surface area contributed by atoms with Gasteiger partial charge in [-0.25, -0.2) is 13.6 Å². The summed E-state index contributed by atoms with van der Waals surface area (Å²) in [5.74, 6) is -2.26. The highest BCUT2D eigenvalue weighted by atomic mass is 19.1. The minimum atomic E-state index is -0.918. The van der Waals surface area contributed by atoms with Gasteiger partial charge in [0.05, 0.1) is 5.69 Å². The molecular formula is C20H21F2NO4. The van der Waals surface area contributed by atoms with Crippen LogP contribution < -0.4 is 10.1 Å². The van der Waals surface area contributed by atoms with Crippen LogP contribution in [0.5, 0.6) is 5.75 Å². The predicted octanol–water partition coefficient (Wildman–Crippen LogP) is 3.96. The number of carbonyl (C=O) groups excluding carboxylic acids is 2. The van der Waals surface area contributed by atoms with Crippen molar-refractivity contribution >= 4 is 17.6 Å². The van der Waals surface area contributed by atoms with Gasteiger partial charge in [-0.1, -0.05) is 19.9 Å². The number of nitrogens with one attached hydrogen (secondary N) is 1. The molecule has 0 aliphatic rings. The molecule has 0 aromatic heterocycles. The largest absolute Gasteiger partial charge is 0.482 e. The lowest BCUT2D eigenvalue weighted by atomic mass is 9.98. The zero-order chi connectivity index (χ0) is 20.0. The Bertz CT molecular complexity index is 837. The Kier molecular flexibility index (Phi) is 6.87. The summed E-state index contributed by atoms with van der Waals surface area (Å²) in [6.45, 7) is 5.16. The van der Waals surface area contributed by atoms with E-state index in [0.717, 1.165) is 17.7 Å². The van der Waals surface area contributed by atoms with E-state index < -0.39 is 30.1 Å². The van der Waals surface area contributed by atoms with E-state index in [-0.39, 0.29) is 12.3 Å². The Morgan fingerprint density at radius 1 is 1.07 bits per heavy atom. The molecule has 1 N–H and O–H groups in total. The normalized spacial score (nSPS) is 10.6. The maximum absolute atomic E-state index is 13.4. The highest BCUT2D eigenvalue weighted by Crippen LogP contribution is 2.23. The molecule has 0 saturated carbocycles. The van der Waals surface area contributed by atoms with E-state index in [9.17, 15) is 18.4 Å². The van der Waals surface area contributed by atoms with Crippen molar-refractivity contribution in [2.24, 2.45) is 0 Å². The molecule has 2 aromatic rings. The summed E-state index contributed by atoms with van der Waals surface area (Å²) in [5, 5.41) is 2.19. The summed E-state index contributed by atoms with van der Waals surface area (Å²) in [7, 11) is 0. The number of hydrogen-bond donors (Lipinski definition) is 1. The number of benzene rings is 2. The van der Waals surface area contributed by atoms with E-state index >= 15 is 0 Å². The smallest absolute Gasteiger partial charge is 0.344 e. The summed E-state index contributed by atoms with van der Waals surface area (Å²) in [4.78, 5) is 23.4. The molecule has 0 atom stereocenters. The summed E-state index contributed by atoms with van der Waals surface area (Å²) in [5.41, 5.74) is 2.04. The molecule has 0 aliphatic carbocycles. The monoisotopic (exact) mass is 377 g/mol. The van der Waals surface area contributed by atoms with Gasteiger partial charge in [-0.15, -0.1) is 0 Å². The van der Waals surface area contributed by atoms with Crippen molar-refractivity contribution in [2.75, 3.05) is 18.5 Å². The van der Waals surface area contributed by atoms with Gasteiger partial charge in [0.1, 0.15) is 17.4 Å². The average molecular weight is 377 g/mol. The van der Waals surface area contributed by atoms with Crippen molar-refractivity contribution in [3.05, 3.63) is 59.2 Å². The molecule has 0 fully saturated rings. The lowest BCUT2D eigenvalue weighted by Crippen LogP contribution is -2.24. The molecule has 0 aliphatic heterocycles. The second-order valence-corrected chi connectivity index (χ2v) is 6.29. The third-order valence-electron chi connectivity index (χ3n) is 3.79. The van der Waals surface area contributed by atoms with Crippen LogP contribution in [0.2, 0.25) is 0 Å². The van der Waals surface area contributed by atoms with Gasteiger partial charge in [0.2, 0.25) is 0 Å². The van der Waals surface area contributed by atoms with E-state index in [0.29, 0.717) is 17.7 Å². The van der Waals surface area contributed by atoms with Gasteiger partial charge in [0.25, 0.3) is 5.91 Å². The maximum atomic E-state index is 13.4. The third kappa shape index (κ3) is 6.06. The Hall–Kier alpha value is -2.96. The van der Waals surface area contributed by atoms with Gasteiger partial charge < -0.3 is 14.8 Å². The molecule has 0 spiro atoms. The van der Waals surface area contributed by atoms with Gasteiger partial charge >= 0.3 is 5.97 Å². The fraction of sp³-hybridized carbons (Fsp3) is 0.300. The predicted molar refractivity (Wildman–Crippen MR) is 96.7 cm³/mol. The number of anilines is 1. The number of amides is 1. The van der Waals surface area contributed by atoms with Crippen molar-refractivity contribution in [3.63, 3.8) is 0 Å². The molecule has 144 valence electrons.